The smallest absolute Gasteiger partial charge is 0.652 e. The monoisotopic (exact) mass is 410 g/mol. The SMILES string of the molecule is ClCCl.O=C([O-])[O-].[Cs+].[Cs+]. The first-order valence-corrected chi connectivity index (χ1v) is 2.22. The van der Waals surface area contributed by atoms with Crippen molar-refractivity contribution < 1.29 is 153 Å². The molecule has 44 valence electrons. The van der Waals surface area contributed by atoms with Gasteiger partial charge in [0.1, 0.15) is 0 Å². The average molecular weight is 411 g/mol. The summed E-state index contributed by atoms with van der Waals surface area (Å²) in [4.78, 5) is 8.33. The van der Waals surface area contributed by atoms with E-state index in [0.717, 1.165) is 0 Å². The Hall–Kier alpha value is 3.95. The van der Waals surface area contributed by atoms with Crippen molar-refractivity contribution >= 4 is 29.4 Å². The zero-order chi connectivity index (χ0) is 6.28. The number of alkyl halides is 2. The van der Waals surface area contributed by atoms with Crippen LogP contribution in [0, 0.1) is 0 Å². The van der Waals surface area contributed by atoms with Gasteiger partial charge in [-0.1, -0.05) is 0 Å². The van der Waals surface area contributed by atoms with E-state index >= 15 is 0 Å². The topological polar surface area (TPSA) is 63.2 Å². The molecule has 0 amide bonds. The van der Waals surface area contributed by atoms with E-state index in [9.17, 15) is 0 Å². The van der Waals surface area contributed by atoms with Crippen LogP contribution in [0.2, 0.25) is 0 Å². The van der Waals surface area contributed by atoms with Crippen LogP contribution in [-0.2, 0) is 0 Å². The van der Waals surface area contributed by atoms with Gasteiger partial charge in [0, 0.05) is 0 Å². The Morgan fingerprint density at radius 2 is 1.22 bits per heavy atom. The van der Waals surface area contributed by atoms with Gasteiger partial charge in [-0.3, -0.25) is 0 Å². The van der Waals surface area contributed by atoms with Crippen molar-refractivity contribution in [2.24, 2.45) is 0 Å². The van der Waals surface area contributed by atoms with Crippen LogP contribution in [0.15, 0.2) is 0 Å². The van der Waals surface area contributed by atoms with E-state index in [1.807, 2.05) is 0 Å². The van der Waals surface area contributed by atoms with E-state index in [1.165, 1.54) is 0 Å². The summed E-state index contributed by atoms with van der Waals surface area (Å²) in [7, 11) is 0. The molecule has 0 aliphatic heterocycles. The van der Waals surface area contributed by atoms with Crippen LogP contribution in [0.5, 0.6) is 0 Å². The maximum atomic E-state index is 8.33. The van der Waals surface area contributed by atoms with E-state index in [4.69, 9.17) is 38.2 Å². The molecule has 7 heteroatoms. The number of hydrogen-bond donors (Lipinski definition) is 0. The molecule has 0 atom stereocenters. The van der Waals surface area contributed by atoms with Crippen LogP contribution in [0.3, 0.4) is 0 Å². The first kappa shape index (κ1) is 23.1. The number of carboxylic acid groups (broad SMARTS) is 2. The molecule has 0 aliphatic carbocycles. The maximum Gasteiger partial charge on any atom is 1.00 e. The minimum atomic E-state index is -2.33. The predicted molar refractivity (Wildman–Crippen MR) is 22.0 cm³/mol. The molecule has 0 bridgehead atoms. The molecule has 0 rings (SSSR count). The quantitative estimate of drug-likeness (QED) is 0.373. The second-order valence-corrected chi connectivity index (χ2v) is 1.16. The number of hydrogen-bond acceptors (Lipinski definition) is 3. The molecular formula is C2H2Cl2Cs2O3. The zero-order valence-corrected chi connectivity index (χ0v) is 19.3. The van der Waals surface area contributed by atoms with Gasteiger partial charge in [0.15, 0.2) is 0 Å². The van der Waals surface area contributed by atoms with Crippen molar-refractivity contribution in [3.63, 3.8) is 0 Å². The molecule has 0 fully saturated rings. The average Bonchev–Trinajstić information content (AvgIpc) is 1.33. The van der Waals surface area contributed by atoms with E-state index in [2.05, 4.69) is 0 Å². The molecule has 0 aliphatic rings. The van der Waals surface area contributed by atoms with Gasteiger partial charge in [0.05, 0.1) is 5.34 Å². The summed E-state index contributed by atoms with van der Waals surface area (Å²) < 4.78 is 0. The summed E-state index contributed by atoms with van der Waals surface area (Å²) in [6.07, 6.45) is -2.33. The normalized spacial score (nSPS) is 4.67. The minimum Gasteiger partial charge on any atom is -0.652 e. The standard InChI is InChI=1S/CH2Cl2.CH2O3.2Cs/c2-1-3;2-1(3)4;;/h1H2;(H2,2,3,4);;/q;;2*+1/p-2. The summed E-state index contributed by atoms with van der Waals surface area (Å²) in [6, 6.07) is 0. The molecule has 0 aromatic rings. The fourth-order valence-corrected chi connectivity index (χ4v) is 0. The largest absolute Gasteiger partial charge is 1.00 e. The molecule has 0 saturated heterocycles. The molecule has 0 heterocycles. The van der Waals surface area contributed by atoms with Crippen molar-refractivity contribution in [2.45, 2.75) is 0 Å². The van der Waals surface area contributed by atoms with Crippen LogP contribution in [0.1, 0.15) is 0 Å². The summed E-state index contributed by atoms with van der Waals surface area (Å²) in [5.41, 5.74) is 0. The van der Waals surface area contributed by atoms with Gasteiger partial charge in [0.25, 0.3) is 0 Å². The van der Waals surface area contributed by atoms with Gasteiger partial charge in [0.2, 0.25) is 0 Å². The van der Waals surface area contributed by atoms with Crippen LogP contribution < -0.4 is 148 Å². The second kappa shape index (κ2) is 22.7. The zero-order valence-electron chi connectivity index (χ0n) is 5.19. The molecule has 9 heavy (non-hydrogen) atoms. The fourth-order valence-electron chi connectivity index (χ4n) is 0. The Bertz CT molecular complexity index is 49.1. The van der Waals surface area contributed by atoms with Crippen molar-refractivity contribution in [2.75, 3.05) is 5.34 Å². The summed E-state index contributed by atoms with van der Waals surface area (Å²) in [6.45, 7) is 0. The number of carbonyl (C=O) groups excluding carboxylic acids is 1. The summed E-state index contributed by atoms with van der Waals surface area (Å²) in [5, 5.41) is 16.9. The molecule has 0 spiro atoms. The first-order valence-electron chi connectivity index (χ1n) is 1.15. The Morgan fingerprint density at radius 3 is 1.22 bits per heavy atom. The molecular weight excluding hydrogens is 409 g/mol. The minimum absolute atomic E-state index is 0. The van der Waals surface area contributed by atoms with E-state index in [0.29, 0.717) is 0 Å². The van der Waals surface area contributed by atoms with E-state index in [1.54, 1.807) is 0 Å². The molecule has 0 unspecified atom stereocenters. The molecule has 0 aromatic heterocycles. The summed E-state index contributed by atoms with van der Waals surface area (Å²) >= 11 is 9.53. The van der Waals surface area contributed by atoms with Gasteiger partial charge in [-0.2, -0.15) is 0 Å². The third-order valence-electron chi connectivity index (χ3n) is 0. The van der Waals surface area contributed by atoms with Crippen LogP contribution in [-0.4, -0.2) is 11.5 Å². The van der Waals surface area contributed by atoms with Crippen LogP contribution in [0.25, 0.3) is 0 Å². The van der Waals surface area contributed by atoms with Crippen LogP contribution in [0.4, 0.5) is 4.79 Å². The van der Waals surface area contributed by atoms with Crippen LogP contribution >= 0.6 is 23.2 Å². The van der Waals surface area contributed by atoms with Gasteiger partial charge in [-0.15, -0.1) is 23.2 Å². The van der Waals surface area contributed by atoms with Crippen molar-refractivity contribution in [3.8, 4) is 0 Å². The second-order valence-electron chi connectivity index (χ2n) is 0.351. The summed E-state index contributed by atoms with van der Waals surface area (Å²) in [5.74, 6) is 0. The Balaban J connectivity index is -0.0000000233. The molecule has 0 aromatic carbocycles. The Kier molecular flexibility index (Phi) is 58.2. The molecule has 0 saturated carbocycles. The van der Waals surface area contributed by atoms with Crippen molar-refractivity contribution in [1.82, 2.24) is 0 Å². The number of halogens is 2. The van der Waals surface area contributed by atoms with Gasteiger partial charge < -0.3 is 15.0 Å². The molecule has 0 radical (unpaired) electrons. The van der Waals surface area contributed by atoms with Crippen molar-refractivity contribution in [3.05, 3.63) is 0 Å². The Morgan fingerprint density at radius 1 is 1.22 bits per heavy atom. The number of carbonyl (C=O) groups is 1. The Labute approximate surface area is 181 Å². The van der Waals surface area contributed by atoms with Crippen molar-refractivity contribution in [1.29, 1.82) is 0 Å². The fraction of sp³-hybridized carbons (Fsp3) is 0.500. The third kappa shape index (κ3) is 75.8. The predicted octanol–water partition coefficient (Wildman–Crippen LogP) is -7.02. The maximum absolute atomic E-state index is 8.33. The molecule has 3 nitrogen and oxygen atoms in total. The first-order chi connectivity index (χ1) is 3.15. The van der Waals surface area contributed by atoms with Gasteiger partial charge >= 0.3 is 138 Å². The number of rotatable bonds is 0. The van der Waals surface area contributed by atoms with Gasteiger partial charge in [-0.05, 0) is 6.16 Å². The van der Waals surface area contributed by atoms with E-state index in [-0.39, 0.29) is 143 Å². The third-order valence-corrected chi connectivity index (χ3v) is 0. The van der Waals surface area contributed by atoms with Gasteiger partial charge in [-0.25, -0.2) is 0 Å². The van der Waals surface area contributed by atoms with E-state index < -0.39 is 6.16 Å². The molecule has 0 N–H and O–H groups in total.